The van der Waals surface area contributed by atoms with E-state index in [4.69, 9.17) is 0 Å². The van der Waals surface area contributed by atoms with E-state index in [9.17, 15) is 5.11 Å². The summed E-state index contributed by atoms with van der Waals surface area (Å²) in [5.41, 5.74) is 0.356. The van der Waals surface area contributed by atoms with E-state index in [1.165, 1.54) is 6.42 Å². The second kappa shape index (κ2) is 2.73. The van der Waals surface area contributed by atoms with Gasteiger partial charge in [-0.15, -0.1) is 0 Å². The van der Waals surface area contributed by atoms with E-state index in [0.717, 1.165) is 6.42 Å². The molecule has 0 aromatic heterocycles. The molecule has 0 bridgehead atoms. The monoisotopic (exact) mass is 170 g/mol. The van der Waals surface area contributed by atoms with Crippen molar-refractivity contribution in [3.05, 3.63) is 0 Å². The molecule has 0 aromatic carbocycles. The van der Waals surface area contributed by atoms with Crippen molar-refractivity contribution in [1.29, 1.82) is 0 Å². The Morgan fingerprint density at radius 3 is 1.83 bits per heavy atom. The number of aliphatic hydroxyl groups excluding tert-OH is 1. The summed E-state index contributed by atoms with van der Waals surface area (Å²) < 4.78 is 0. The molecule has 0 amide bonds. The van der Waals surface area contributed by atoms with Crippen LogP contribution in [0.5, 0.6) is 0 Å². The second-order valence-electron chi connectivity index (χ2n) is 5.30. The lowest BCUT2D eigenvalue weighted by Gasteiger charge is -2.40. The minimum atomic E-state index is -0.113. The van der Waals surface area contributed by atoms with Crippen LogP contribution in [0.2, 0.25) is 0 Å². The van der Waals surface area contributed by atoms with Crippen molar-refractivity contribution in [2.24, 2.45) is 16.7 Å². The van der Waals surface area contributed by atoms with Gasteiger partial charge in [-0.2, -0.15) is 0 Å². The molecule has 0 spiro atoms. The van der Waals surface area contributed by atoms with Crippen LogP contribution in [0.1, 0.15) is 47.5 Å². The van der Waals surface area contributed by atoms with Crippen molar-refractivity contribution < 1.29 is 5.11 Å². The van der Waals surface area contributed by atoms with Crippen LogP contribution >= 0.6 is 0 Å². The molecule has 0 saturated heterocycles. The molecule has 0 radical (unpaired) electrons. The molecule has 1 aliphatic carbocycles. The van der Waals surface area contributed by atoms with Gasteiger partial charge in [0.2, 0.25) is 0 Å². The molecule has 72 valence electrons. The molecular formula is C11H22O. The van der Waals surface area contributed by atoms with Gasteiger partial charge in [-0.1, -0.05) is 41.0 Å². The van der Waals surface area contributed by atoms with Crippen LogP contribution in [-0.4, -0.2) is 11.2 Å². The van der Waals surface area contributed by atoms with E-state index in [1.807, 2.05) is 0 Å². The summed E-state index contributed by atoms with van der Waals surface area (Å²) in [6.45, 7) is 11.2. The molecule has 1 heteroatoms. The standard InChI is InChI=1S/C11H22O/c1-6-8-7-9(12)11(4,5)10(8,2)3/h8-9,12H,6-7H2,1-5H3. The van der Waals surface area contributed by atoms with E-state index >= 15 is 0 Å². The highest BCUT2D eigenvalue weighted by Gasteiger charge is 2.53. The molecule has 2 atom stereocenters. The minimum Gasteiger partial charge on any atom is -0.393 e. The van der Waals surface area contributed by atoms with Crippen LogP contribution in [0.3, 0.4) is 0 Å². The zero-order chi connectivity index (χ0) is 9.57. The Kier molecular flexibility index (Phi) is 2.28. The van der Waals surface area contributed by atoms with Gasteiger partial charge in [-0.3, -0.25) is 0 Å². The zero-order valence-electron chi connectivity index (χ0n) is 9.02. The molecule has 1 fully saturated rings. The van der Waals surface area contributed by atoms with E-state index in [0.29, 0.717) is 5.92 Å². The van der Waals surface area contributed by atoms with Crippen LogP contribution in [0.25, 0.3) is 0 Å². The molecule has 0 aromatic rings. The largest absolute Gasteiger partial charge is 0.393 e. The highest BCUT2D eigenvalue weighted by Crippen LogP contribution is 2.56. The molecule has 0 aliphatic heterocycles. The van der Waals surface area contributed by atoms with Crippen molar-refractivity contribution in [1.82, 2.24) is 0 Å². The summed E-state index contributed by atoms with van der Waals surface area (Å²) in [7, 11) is 0. The van der Waals surface area contributed by atoms with Crippen LogP contribution in [0.15, 0.2) is 0 Å². The van der Waals surface area contributed by atoms with Gasteiger partial charge >= 0.3 is 0 Å². The van der Waals surface area contributed by atoms with Crippen LogP contribution in [-0.2, 0) is 0 Å². The number of hydrogen-bond donors (Lipinski definition) is 1. The maximum atomic E-state index is 9.89. The number of aliphatic hydroxyl groups is 1. The van der Waals surface area contributed by atoms with Gasteiger partial charge in [0, 0.05) is 0 Å². The fraction of sp³-hybridized carbons (Fsp3) is 1.00. The molecule has 1 saturated carbocycles. The molecule has 12 heavy (non-hydrogen) atoms. The topological polar surface area (TPSA) is 20.2 Å². The first-order valence-electron chi connectivity index (χ1n) is 5.02. The predicted molar refractivity (Wildman–Crippen MR) is 52.0 cm³/mol. The highest BCUT2D eigenvalue weighted by molar-refractivity contribution is 5.02. The Hall–Kier alpha value is -0.0400. The summed E-state index contributed by atoms with van der Waals surface area (Å²) in [5, 5.41) is 9.89. The Labute approximate surface area is 76.2 Å². The molecular weight excluding hydrogens is 148 g/mol. The van der Waals surface area contributed by atoms with Gasteiger partial charge in [0.15, 0.2) is 0 Å². The lowest BCUT2D eigenvalue weighted by molar-refractivity contribution is 0.0131. The van der Waals surface area contributed by atoms with E-state index in [1.54, 1.807) is 0 Å². The molecule has 0 heterocycles. The summed E-state index contributed by atoms with van der Waals surface area (Å²) in [6, 6.07) is 0. The Balaban J connectivity index is 2.92. The summed E-state index contributed by atoms with van der Waals surface area (Å²) >= 11 is 0. The number of rotatable bonds is 1. The van der Waals surface area contributed by atoms with Gasteiger partial charge in [0.25, 0.3) is 0 Å². The van der Waals surface area contributed by atoms with Crippen LogP contribution in [0, 0.1) is 16.7 Å². The normalized spacial score (nSPS) is 38.5. The van der Waals surface area contributed by atoms with Gasteiger partial charge in [0.05, 0.1) is 6.10 Å². The first-order valence-corrected chi connectivity index (χ1v) is 5.02. The minimum absolute atomic E-state index is 0.0771. The SMILES string of the molecule is CCC1CC(O)C(C)(C)C1(C)C. The third-order valence-electron chi connectivity index (χ3n) is 4.51. The van der Waals surface area contributed by atoms with Crippen molar-refractivity contribution in [3.8, 4) is 0 Å². The fourth-order valence-corrected chi connectivity index (χ4v) is 2.49. The van der Waals surface area contributed by atoms with Crippen molar-refractivity contribution in [3.63, 3.8) is 0 Å². The highest BCUT2D eigenvalue weighted by atomic mass is 16.3. The third-order valence-corrected chi connectivity index (χ3v) is 4.51. The first-order chi connectivity index (χ1) is 5.34. The lowest BCUT2D eigenvalue weighted by atomic mass is 9.66. The molecule has 1 rings (SSSR count). The molecule has 1 nitrogen and oxygen atoms in total. The summed E-state index contributed by atoms with van der Waals surface area (Å²) in [4.78, 5) is 0. The summed E-state index contributed by atoms with van der Waals surface area (Å²) in [5.74, 6) is 0.683. The Morgan fingerprint density at radius 2 is 1.67 bits per heavy atom. The third kappa shape index (κ3) is 1.10. The van der Waals surface area contributed by atoms with Gasteiger partial charge < -0.3 is 5.11 Å². The molecule has 1 aliphatic rings. The lowest BCUT2D eigenvalue weighted by Crippen LogP contribution is -2.36. The molecule has 1 N–H and O–H groups in total. The van der Waals surface area contributed by atoms with Gasteiger partial charge in [-0.05, 0) is 23.2 Å². The van der Waals surface area contributed by atoms with Gasteiger partial charge in [0.1, 0.15) is 0 Å². The fourth-order valence-electron chi connectivity index (χ4n) is 2.49. The second-order valence-corrected chi connectivity index (χ2v) is 5.30. The van der Waals surface area contributed by atoms with Crippen molar-refractivity contribution in [2.75, 3.05) is 0 Å². The van der Waals surface area contributed by atoms with E-state index < -0.39 is 0 Å². The smallest absolute Gasteiger partial charge is 0.0599 e. The van der Waals surface area contributed by atoms with E-state index in [2.05, 4.69) is 34.6 Å². The van der Waals surface area contributed by atoms with Crippen LogP contribution in [0.4, 0.5) is 0 Å². The Bertz CT molecular complexity index is 170. The van der Waals surface area contributed by atoms with Crippen molar-refractivity contribution >= 4 is 0 Å². The zero-order valence-corrected chi connectivity index (χ0v) is 9.02. The Morgan fingerprint density at radius 1 is 1.17 bits per heavy atom. The molecule has 2 unspecified atom stereocenters. The van der Waals surface area contributed by atoms with Gasteiger partial charge in [-0.25, -0.2) is 0 Å². The predicted octanol–water partition coefficient (Wildman–Crippen LogP) is 2.83. The summed E-state index contributed by atoms with van der Waals surface area (Å²) in [6.07, 6.45) is 2.06. The van der Waals surface area contributed by atoms with Crippen LogP contribution < -0.4 is 0 Å². The van der Waals surface area contributed by atoms with E-state index in [-0.39, 0.29) is 16.9 Å². The maximum Gasteiger partial charge on any atom is 0.0599 e. The number of hydrogen-bond acceptors (Lipinski definition) is 1. The average molecular weight is 170 g/mol. The van der Waals surface area contributed by atoms with Crippen molar-refractivity contribution in [2.45, 2.75) is 53.6 Å². The average Bonchev–Trinajstić information content (AvgIpc) is 2.10. The quantitative estimate of drug-likeness (QED) is 0.641. The maximum absolute atomic E-state index is 9.89. The first kappa shape index (κ1) is 10.0.